The van der Waals surface area contributed by atoms with Crippen molar-refractivity contribution in [2.75, 3.05) is 18.5 Å². The van der Waals surface area contributed by atoms with Crippen LogP contribution in [0.5, 0.6) is 0 Å². The highest BCUT2D eigenvalue weighted by Gasteiger charge is 2.40. The van der Waals surface area contributed by atoms with Crippen LogP contribution in [0.4, 0.5) is 19.4 Å². The number of benzene rings is 1. The van der Waals surface area contributed by atoms with Crippen molar-refractivity contribution in [2.24, 2.45) is 7.05 Å². The van der Waals surface area contributed by atoms with Crippen LogP contribution < -0.4 is 10.2 Å². The van der Waals surface area contributed by atoms with Crippen molar-refractivity contribution in [3.63, 3.8) is 0 Å². The number of nitrogens with one attached hydrogen (secondary N) is 1. The van der Waals surface area contributed by atoms with Crippen LogP contribution in [0.25, 0.3) is 0 Å². The van der Waals surface area contributed by atoms with Gasteiger partial charge in [0, 0.05) is 26.7 Å². The minimum Gasteiger partial charge on any atom is -0.350 e. The molecule has 1 N–H and O–H groups in total. The molecular formula is C16H16ClF2N5O2. The largest absolute Gasteiger partial charge is 0.350 e. The Balaban J connectivity index is 1.70. The smallest absolute Gasteiger partial charge is 0.326 e. The van der Waals surface area contributed by atoms with Crippen molar-refractivity contribution in [1.29, 1.82) is 0 Å². The standard InChI is InChI=1S/C16H16ClF2N5O2/c1-22-11(8-24(16(22)26)12-5-6-21-23(12)2)15(25)20-7-9-3-4-10(18)14(19)13(9)17/h3-6,11H,7-8H2,1-2H3,(H,20,25). The van der Waals surface area contributed by atoms with Gasteiger partial charge in [0.15, 0.2) is 11.6 Å². The number of amides is 3. The Labute approximate surface area is 153 Å². The van der Waals surface area contributed by atoms with E-state index in [2.05, 4.69) is 10.4 Å². The molecule has 0 saturated carbocycles. The molecule has 26 heavy (non-hydrogen) atoms. The summed E-state index contributed by atoms with van der Waals surface area (Å²) in [5, 5.41) is 6.24. The lowest BCUT2D eigenvalue weighted by Gasteiger charge is -2.17. The molecule has 138 valence electrons. The molecule has 1 fully saturated rings. The second kappa shape index (κ2) is 6.91. The van der Waals surface area contributed by atoms with Gasteiger partial charge in [-0.1, -0.05) is 17.7 Å². The van der Waals surface area contributed by atoms with E-state index in [-0.39, 0.29) is 29.7 Å². The first-order valence-electron chi connectivity index (χ1n) is 7.73. The summed E-state index contributed by atoms with van der Waals surface area (Å²) < 4.78 is 28.1. The topological polar surface area (TPSA) is 70.5 Å². The normalized spacial score (nSPS) is 17.1. The zero-order chi connectivity index (χ0) is 19.0. The van der Waals surface area contributed by atoms with E-state index in [0.717, 1.165) is 6.07 Å². The minimum absolute atomic E-state index is 0.0842. The first kappa shape index (κ1) is 18.1. The summed E-state index contributed by atoms with van der Waals surface area (Å²) in [7, 11) is 3.22. The van der Waals surface area contributed by atoms with Crippen molar-refractivity contribution in [2.45, 2.75) is 12.6 Å². The van der Waals surface area contributed by atoms with Crippen molar-refractivity contribution >= 4 is 29.4 Å². The Morgan fingerprint density at radius 3 is 2.73 bits per heavy atom. The van der Waals surface area contributed by atoms with Gasteiger partial charge < -0.3 is 10.2 Å². The fraction of sp³-hybridized carbons (Fsp3) is 0.312. The number of likely N-dealkylation sites (N-methyl/N-ethyl adjacent to an activating group) is 1. The molecule has 0 spiro atoms. The van der Waals surface area contributed by atoms with Crippen LogP contribution >= 0.6 is 11.6 Å². The van der Waals surface area contributed by atoms with Gasteiger partial charge in [0.2, 0.25) is 5.91 Å². The second-order valence-corrected chi connectivity index (χ2v) is 6.26. The Hall–Kier alpha value is -2.68. The predicted molar refractivity (Wildman–Crippen MR) is 90.7 cm³/mol. The molecule has 3 amide bonds. The van der Waals surface area contributed by atoms with Gasteiger partial charge in [0.05, 0.1) is 17.8 Å². The first-order chi connectivity index (χ1) is 12.3. The lowest BCUT2D eigenvalue weighted by molar-refractivity contribution is -0.124. The number of hydrogen-bond donors (Lipinski definition) is 1. The van der Waals surface area contributed by atoms with Gasteiger partial charge in [-0.15, -0.1) is 0 Å². The highest BCUT2D eigenvalue weighted by Crippen LogP contribution is 2.24. The summed E-state index contributed by atoms with van der Waals surface area (Å²) >= 11 is 5.75. The number of hydrogen-bond acceptors (Lipinski definition) is 3. The van der Waals surface area contributed by atoms with Crippen LogP contribution in [0.3, 0.4) is 0 Å². The van der Waals surface area contributed by atoms with Crippen LogP contribution in [0.1, 0.15) is 5.56 Å². The molecule has 0 bridgehead atoms. The molecule has 2 aromatic rings. The lowest BCUT2D eigenvalue weighted by atomic mass is 10.2. The third kappa shape index (κ3) is 3.10. The number of carbonyl (C=O) groups excluding carboxylic acids is 2. The zero-order valence-electron chi connectivity index (χ0n) is 14.0. The highest BCUT2D eigenvalue weighted by molar-refractivity contribution is 6.31. The summed E-state index contributed by atoms with van der Waals surface area (Å²) in [5.74, 6) is -2.07. The maximum atomic E-state index is 13.5. The maximum Gasteiger partial charge on any atom is 0.326 e. The van der Waals surface area contributed by atoms with Gasteiger partial charge in [-0.3, -0.25) is 14.4 Å². The van der Waals surface area contributed by atoms with Gasteiger partial charge in [0.1, 0.15) is 11.9 Å². The third-order valence-electron chi connectivity index (χ3n) is 4.30. The van der Waals surface area contributed by atoms with E-state index < -0.39 is 23.6 Å². The number of rotatable bonds is 4. The first-order valence-corrected chi connectivity index (χ1v) is 8.11. The molecule has 1 aromatic carbocycles. The molecular weight excluding hydrogens is 368 g/mol. The van der Waals surface area contributed by atoms with Gasteiger partial charge in [-0.25, -0.2) is 13.6 Å². The fourth-order valence-electron chi connectivity index (χ4n) is 2.78. The van der Waals surface area contributed by atoms with E-state index in [9.17, 15) is 18.4 Å². The van der Waals surface area contributed by atoms with Gasteiger partial charge >= 0.3 is 6.03 Å². The number of anilines is 1. The van der Waals surface area contributed by atoms with Crippen LogP contribution in [-0.4, -0.2) is 46.3 Å². The summed E-state index contributed by atoms with van der Waals surface area (Å²) in [6.07, 6.45) is 1.56. The molecule has 1 unspecified atom stereocenters. The van der Waals surface area contributed by atoms with Crippen LogP contribution in [-0.2, 0) is 18.4 Å². The Morgan fingerprint density at radius 2 is 2.08 bits per heavy atom. The van der Waals surface area contributed by atoms with E-state index in [1.807, 2.05) is 0 Å². The fourth-order valence-corrected chi connectivity index (χ4v) is 3.00. The molecule has 1 atom stereocenters. The van der Waals surface area contributed by atoms with E-state index in [4.69, 9.17) is 11.6 Å². The summed E-state index contributed by atoms with van der Waals surface area (Å²) in [4.78, 5) is 27.6. The Bertz CT molecular complexity index is 872. The highest BCUT2D eigenvalue weighted by atomic mass is 35.5. The Morgan fingerprint density at radius 1 is 1.35 bits per heavy atom. The monoisotopic (exact) mass is 383 g/mol. The number of carbonyl (C=O) groups is 2. The molecule has 3 rings (SSSR count). The van der Waals surface area contributed by atoms with Crippen molar-refractivity contribution < 1.29 is 18.4 Å². The molecule has 7 nitrogen and oxygen atoms in total. The summed E-state index contributed by atoms with van der Waals surface area (Å²) in [5.41, 5.74) is 0.245. The van der Waals surface area contributed by atoms with Crippen molar-refractivity contribution in [1.82, 2.24) is 20.0 Å². The molecule has 2 heterocycles. The van der Waals surface area contributed by atoms with E-state index in [1.54, 1.807) is 19.3 Å². The SMILES string of the molecule is CN1C(=O)N(c2ccnn2C)CC1C(=O)NCc1ccc(F)c(F)c1Cl. The molecule has 10 heteroatoms. The van der Waals surface area contributed by atoms with Crippen LogP contribution in [0.15, 0.2) is 24.4 Å². The molecule has 0 radical (unpaired) electrons. The summed E-state index contributed by atoms with van der Waals surface area (Å²) in [6, 6.07) is 2.85. The maximum absolute atomic E-state index is 13.5. The van der Waals surface area contributed by atoms with E-state index in [0.29, 0.717) is 5.82 Å². The van der Waals surface area contributed by atoms with Gasteiger partial charge in [0.25, 0.3) is 0 Å². The third-order valence-corrected chi connectivity index (χ3v) is 4.71. The molecule has 1 aliphatic heterocycles. The molecule has 0 aliphatic carbocycles. The lowest BCUT2D eigenvalue weighted by Crippen LogP contribution is -2.43. The number of halogens is 3. The van der Waals surface area contributed by atoms with E-state index in [1.165, 1.54) is 27.6 Å². The molecule has 1 aliphatic rings. The second-order valence-electron chi connectivity index (χ2n) is 5.89. The molecule has 1 aromatic heterocycles. The van der Waals surface area contributed by atoms with Gasteiger partial charge in [-0.2, -0.15) is 5.10 Å². The average molecular weight is 384 g/mol. The Kier molecular flexibility index (Phi) is 4.82. The quantitative estimate of drug-likeness (QED) is 0.820. The van der Waals surface area contributed by atoms with Gasteiger partial charge in [-0.05, 0) is 11.6 Å². The molecule has 1 saturated heterocycles. The summed E-state index contributed by atoms with van der Waals surface area (Å²) in [6.45, 7) is 0.0608. The van der Waals surface area contributed by atoms with Crippen molar-refractivity contribution in [3.05, 3.63) is 46.6 Å². The minimum atomic E-state index is -1.16. The van der Waals surface area contributed by atoms with Crippen LogP contribution in [0.2, 0.25) is 5.02 Å². The number of nitrogens with zero attached hydrogens (tertiary/aromatic N) is 4. The van der Waals surface area contributed by atoms with Crippen LogP contribution in [0, 0.1) is 11.6 Å². The zero-order valence-corrected chi connectivity index (χ0v) is 14.8. The number of aryl methyl sites for hydroxylation is 1. The average Bonchev–Trinajstić information content (AvgIpc) is 3.16. The number of aromatic nitrogens is 2. The van der Waals surface area contributed by atoms with Crippen molar-refractivity contribution in [3.8, 4) is 0 Å². The number of urea groups is 1. The van der Waals surface area contributed by atoms with E-state index >= 15 is 0 Å². The predicted octanol–water partition coefficient (Wildman–Crippen LogP) is 1.91.